The van der Waals surface area contributed by atoms with Crippen LogP contribution < -0.4 is 4.74 Å². The highest BCUT2D eigenvalue weighted by atomic mass is 32.2. The van der Waals surface area contributed by atoms with E-state index in [0.29, 0.717) is 13.0 Å². The quantitative estimate of drug-likeness (QED) is 0.925. The Morgan fingerprint density at radius 2 is 2.05 bits per heavy atom. The van der Waals surface area contributed by atoms with Crippen LogP contribution in [0.2, 0.25) is 0 Å². The molecular formula is C15H22O4S. The van der Waals surface area contributed by atoms with E-state index in [4.69, 9.17) is 4.74 Å². The van der Waals surface area contributed by atoms with E-state index < -0.39 is 20.7 Å². The minimum Gasteiger partial charge on any atom is -0.493 e. The highest BCUT2D eigenvalue weighted by Gasteiger charge is 2.39. The van der Waals surface area contributed by atoms with Crippen molar-refractivity contribution in [1.29, 1.82) is 0 Å². The Morgan fingerprint density at radius 1 is 1.40 bits per heavy atom. The zero-order chi connectivity index (χ0) is 15.0. The molecule has 1 aliphatic heterocycles. The molecule has 0 radical (unpaired) electrons. The number of benzene rings is 1. The maximum Gasteiger partial charge on any atom is 0.155 e. The molecule has 0 aromatic heterocycles. The van der Waals surface area contributed by atoms with E-state index in [1.165, 1.54) is 6.26 Å². The molecule has 1 aromatic carbocycles. The van der Waals surface area contributed by atoms with Gasteiger partial charge in [0.2, 0.25) is 0 Å². The summed E-state index contributed by atoms with van der Waals surface area (Å²) in [6, 6.07) is 7.75. The molecule has 20 heavy (non-hydrogen) atoms. The molecule has 4 nitrogen and oxygen atoms in total. The smallest absolute Gasteiger partial charge is 0.155 e. The number of sulfone groups is 1. The van der Waals surface area contributed by atoms with Gasteiger partial charge < -0.3 is 9.84 Å². The predicted molar refractivity (Wildman–Crippen MR) is 78.8 cm³/mol. The molecule has 0 spiro atoms. The Kier molecular flexibility index (Phi) is 4.12. The van der Waals surface area contributed by atoms with Crippen LogP contribution in [0.15, 0.2) is 24.3 Å². The summed E-state index contributed by atoms with van der Waals surface area (Å²) in [4.78, 5) is 0. The molecule has 1 heterocycles. The molecule has 2 unspecified atom stereocenters. The number of ether oxygens (including phenoxy) is 1. The second kappa shape index (κ2) is 5.37. The molecular weight excluding hydrogens is 276 g/mol. The minimum atomic E-state index is -3.31. The number of para-hydroxylation sites is 1. The van der Waals surface area contributed by atoms with Crippen molar-refractivity contribution in [3.63, 3.8) is 0 Å². The molecule has 0 fully saturated rings. The third kappa shape index (κ3) is 2.83. The van der Waals surface area contributed by atoms with Crippen LogP contribution in [0.1, 0.15) is 38.2 Å². The lowest BCUT2D eigenvalue weighted by Crippen LogP contribution is -2.44. The second-order valence-corrected chi connectivity index (χ2v) is 8.60. The fourth-order valence-electron chi connectivity index (χ4n) is 2.46. The van der Waals surface area contributed by atoms with E-state index >= 15 is 0 Å². The molecule has 0 saturated heterocycles. The summed E-state index contributed by atoms with van der Waals surface area (Å²) in [6.45, 7) is 3.77. The van der Waals surface area contributed by atoms with Gasteiger partial charge in [-0.1, -0.05) is 18.2 Å². The first-order valence-corrected chi connectivity index (χ1v) is 8.72. The molecule has 1 aliphatic rings. The van der Waals surface area contributed by atoms with Crippen LogP contribution in [0.3, 0.4) is 0 Å². The molecule has 5 heteroatoms. The summed E-state index contributed by atoms with van der Waals surface area (Å²) >= 11 is 0. The number of fused-ring (bicyclic) bond motifs is 1. The Hall–Kier alpha value is -1.07. The molecule has 0 aliphatic carbocycles. The maximum absolute atomic E-state index is 11.8. The number of hydrogen-bond donors (Lipinski definition) is 1. The topological polar surface area (TPSA) is 63.6 Å². The molecule has 1 N–H and O–H groups in total. The third-order valence-electron chi connectivity index (χ3n) is 4.35. The molecule has 1 aromatic rings. The standard InChI is InChI=1S/C15H22O4S/c1-15(2,20(3,17)18)14(16)10-11-8-9-19-13-7-5-4-6-12(11)13/h4-7,11,14,16H,8-10H2,1-3H3. The van der Waals surface area contributed by atoms with Crippen molar-refractivity contribution in [3.8, 4) is 5.75 Å². The van der Waals surface area contributed by atoms with Crippen LogP contribution in [0.25, 0.3) is 0 Å². The molecule has 2 atom stereocenters. The van der Waals surface area contributed by atoms with Crippen molar-refractivity contribution in [1.82, 2.24) is 0 Å². The zero-order valence-corrected chi connectivity index (χ0v) is 13.0. The fraction of sp³-hybridized carbons (Fsp3) is 0.600. The summed E-state index contributed by atoms with van der Waals surface area (Å²) in [7, 11) is -3.31. The molecule has 0 saturated carbocycles. The van der Waals surface area contributed by atoms with Crippen LogP contribution in [0, 0.1) is 0 Å². The Balaban J connectivity index is 2.20. The van der Waals surface area contributed by atoms with Gasteiger partial charge in [0, 0.05) is 6.26 Å². The van der Waals surface area contributed by atoms with Gasteiger partial charge in [-0.2, -0.15) is 0 Å². The van der Waals surface area contributed by atoms with Crippen molar-refractivity contribution < 1.29 is 18.3 Å². The third-order valence-corrected chi connectivity index (χ3v) is 6.53. The highest BCUT2D eigenvalue weighted by molar-refractivity contribution is 7.92. The lowest BCUT2D eigenvalue weighted by molar-refractivity contribution is 0.112. The average molecular weight is 298 g/mol. The predicted octanol–water partition coefficient (Wildman–Crippen LogP) is 2.13. The van der Waals surface area contributed by atoms with E-state index in [9.17, 15) is 13.5 Å². The van der Waals surface area contributed by atoms with Crippen LogP contribution in [-0.2, 0) is 9.84 Å². The normalized spacial score (nSPS) is 20.9. The second-order valence-electron chi connectivity index (χ2n) is 6.00. The van der Waals surface area contributed by atoms with Gasteiger partial charge in [0.05, 0.1) is 17.5 Å². The van der Waals surface area contributed by atoms with Gasteiger partial charge >= 0.3 is 0 Å². The summed E-state index contributed by atoms with van der Waals surface area (Å²) < 4.78 is 28.0. The number of rotatable bonds is 4. The van der Waals surface area contributed by atoms with Crippen LogP contribution in [0.4, 0.5) is 0 Å². The number of aliphatic hydroxyl groups excluding tert-OH is 1. The summed E-state index contributed by atoms with van der Waals surface area (Å²) in [6.07, 6.45) is 1.51. The van der Waals surface area contributed by atoms with E-state index in [0.717, 1.165) is 17.7 Å². The van der Waals surface area contributed by atoms with Crippen LogP contribution in [-0.4, -0.2) is 37.2 Å². The van der Waals surface area contributed by atoms with Gasteiger partial charge in [-0.25, -0.2) is 8.42 Å². The van der Waals surface area contributed by atoms with Crippen molar-refractivity contribution in [2.75, 3.05) is 12.9 Å². The van der Waals surface area contributed by atoms with Crippen molar-refractivity contribution in [2.24, 2.45) is 0 Å². The van der Waals surface area contributed by atoms with Gasteiger partial charge in [0.15, 0.2) is 9.84 Å². The average Bonchev–Trinajstić information content (AvgIpc) is 2.37. The van der Waals surface area contributed by atoms with Crippen molar-refractivity contribution >= 4 is 9.84 Å². The summed E-state index contributed by atoms with van der Waals surface area (Å²) in [5, 5.41) is 10.4. The number of aliphatic hydroxyl groups is 1. The van der Waals surface area contributed by atoms with E-state index in [1.54, 1.807) is 13.8 Å². The van der Waals surface area contributed by atoms with Crippen LogP contribution in [0.5, 0.6) is 5.75 Å². The van der Waals surface area contributed by atoms with Gasteiger partial charge in [0.25, 0.3) is 0 Å². The Bertz CT molecular complexity index is 577. The SMILES string of the molecule is CC(C)(C(O)CC1CCOc2ccccc21)S(C)(=O)=O. The molecule has 0 amide bonds. The van der Waals surface area contributed by atoms with E-state index in [2.05, 4.69) is 0 Å². The lowest BCUT2D eigenvalue weighted by Gasteiger charge is -2.33. The first-order chi connectivity index (χ1) is 9.23. The fourth-order valence-corrected chi connectivity index (χ4v) is 3.05. The largest absolute Gasteiger partial charge is 0.493 e. The van der Waals surface area contributed by atoms with Crippen molar-refractivity contribution in [3.05, 3.63) is 29.8 Å². The number of hydrogen-bond acceptors (Lipinski definition) is 4. The molecule has 2 rings (SSSR count). The van der Waals surface area contributed by atoms with Crippen molar-refractivity contribution in [2.45, 2.75) is 43.5 Å². The maximum atomic E-state index is 11.8. The minimum absolute atomic E-state index is 0.135. The van der Waals surface area contributed by atoms with Gasteiger partial charge in [-0.3, -0.25) is 0 Å². The first-order valence-electron chi connectivity index (χ1n) is 6.83. The van der Waals surface area contributed by atoms with Gasteiger partial charge in [0.1, 0.15) is 5.75 Å². The first kappa shape index (κ1) is 15.3. The highest BCUT2D eigenvalue weighted by Crippen LogP contribution is 2.38. The van der Waals surface area contributed by atoms with E-state index in [-0.39, 0.29) is 5.92 Å². The summed E-state index contributed by atoms with van der Waals surface area (Å²) in [5.41, 5.74) is 1.06. The van der Waals surface area contributed by atoms with Crippen LogP contribution >= 0.6 is 0 Å². The Morgan fingerprint density at radius 3 is 2.70 bits per heavy atom. The lowest BCUT2D eigenvalue weighted by atomic mass is 9.85. The Labute approximate surface area is 120 Å². The van der Waals surface area contributed by atoms with E-state index in [1.807, 2.05) is 24.3 Å². The zero-order valence-electron chi connectivity index (χ0n) is 12.2. The molecule has 112 valence electrons. The monoisotopic (exact) mass is 298 g/mol. The van der Waals surface area contributed by atoms with Gasteiger partial charge in [-0.05, 0) is 44.2 Å². The summed E-state index contributed by atoms with van der Waals surface area (Å²) in [5.74, 6) is 0.976. The molecule has 0 bridgehead atoms. The van der Waals surface area contributed by atoms with Gasteiger partial charge in [-0.15, -0.1) is 0 Å².